The first-order valence-corrected chi connectivity index (χ1v) is 10.3. The van der Waals surface area contributed by atoms with Gasteiger partial charge in [0.15, 0.2) is 0 Å². The van der Waals surface area contributed by atoms with Crippen LogP contribution in [0.4, 0.5) is 4.79 Å². The standard InChI is InChI=1S/C20H23N3O4S/c1-2-26-19(24)17-15(21-20(25)22-18(17)16-6-3-9-27-16)12-23(13-7-8-13)11-14-5-4-10-28-14/h3-6,9-10,13,18H,2,7-8,11-12H2,1H3,(H2,21,22,25). The Labute approximate surface area is 167 Å². The molecule has 28 heavy (non-hydrogen) atoms. The number of esters is 1. The predicted octanol–water partition coefficient (Wildman–Crippen LogP) is 3.18. The number of furan rings is 1. The van der Waals surface area contributed by atoms with Crippen LogP contribution in [0, 0.1) is 0 Å². The van der Waals surface area contributed by atoms with Gasteiger partial charge in [0.25, 0.3) is 0 Å². The number of thiophene rings is 1. The zero-order valence-corrected chi connectivity index (χ0v) is 16.5. The minimum absolute atomic E-state index is 0.260. The van der Waals surface area contributed by atoms with Crippen molar-refractivity contribution in [3.63, 3.8) is 0 Å². The SMILES string of the molecule is CCOC(=O)C1=C(CN(Cc2cccs2)C2CC2)NC(=O)NC1c1ccco1. The highest BCUT2D eigenvalue weighted by Gasteiger charge is 2.37. The summed E-state index contributed by atoms with van der Waals surface area (Å²) in [5.41, 5.74) is 0.972. The third kappa shape index (κ3) is 4.13. The number of nitrogens with one attached hydrogen (secondary N) is 2. The largest absolute Gasteiger partial charge is 0.467 e. The molecular weight excluding hydrogens is 378 g/mol. The smallest absolute Gasteiger partial charge is 0.338 e. The lowest BCUT2D eigenvalue weighted by molar-refractivity contribution is -0.139. The Hall–Kier alpha value is -2.58. The molecule has 148 valence electrons. The molecule has 2 aliphatic rings. The number of rotatable bonds is 8. The molecule has 0 bridgehead atoms. The Kier molecular flexibility index (Phi) is 5.50. The van der Waals surface area contributed by atoms with Crippen molar-refractivity contribution in [2.75, 3.05) is 13.2 Å². The molecule has 0 spiro atoms. The zero-order valence-electron chi connectivity index (χ0n) is 15.6. The molecule has 2 amide bonds. The van der Waals surface area contributed by atoms with Crippen LogP contribution in [0.25, 0.3) is 0 Å². The number of ether oxygens (including phenoxy) is 1. The van der Waals surface area contributed by atoms with Crippen LogP contribution in [0.2, 0.25) is 0 Å². The number of nitrogens with zero attached hydrogens (tertiary/aromatic N) is 1. The van der Waals surface area contributed by atoms with Crippen molar-refractivity contribution in [1.29, 1.82) is 0 Å². The molecule has 2 aromatic heterocycles. The molecule has 1 aliphatic heterocycles. The van der Waals surface area contributed by atoms with Gasteiger partial charge in [-0.1, -0.05) is 6.07 Å². The maximum absolute atomic E-state index is 12.8. The van der Waals surface area contributed by atoms with Gasteiger partial charge in [-0.15, -0.1) is 11.3 Å². The highest BCUT2D eigenvalue weighted by atomic mass is 32.1. The molecule has 1 unspecified atom stereocenters. The van der Waals surface area contributed by atoms with E-state index in [1.807, 2.05) is 6.07 Å². The molecule has 1 fully saturated rings. The molecular formula is C20H23N3O4S. The van der Waals surface area contributed by atoms with Gasteiger partial charge in [0.1, 0.15) is 11.8 Å². The van der Waals surface area contributed by atoms with Crippen molar-refractivity contribution in [1.82, 2.24) is 15.5 Å². The van der Waals surface area contributed by atoms with Crippen molar-refractivity contribution < 1.29 is 18.7 Å². The van der Waals surface area contributed by atoms with E-state index in [2.05, 4.69) is 27.0 Å². The molecule has 0 aromatic carbocycles. The highest BCUT2D eigenvalue weighted by Crippen LogP contribution is 2.33. The van der Waals surface area contributed by atoms with Gasteiger partial charge in [-0.2, -0.15) is 0 Å². The van der Waals surface area contributed by atoms with E-state index in [9.17, 15) is 9.59 Å². The summed E-state index contributed by atoms with van der Waals surface area (Å²) in [6.45, 7) is 3.29. The van der Waals surface area contributed by atoms with E-state index in [1.165, 1.54) is 11.1 Å². The molecule has 4 rings (SSSR count). The van der Waals surface area contributed by atoms with E-state index < -0.39 is 12.0 Å². The minimum atomic E-state index is -0.666. The van der Waals surface area contributed by atoms with Crippen LogP contribution < -0.4 is 10.6 Å². The fourth-order valence-electron chi connectivity index (χ4n) is 3.42. The average molecular weight is 401 g/mol. The molecule has 3 heterocycles. The van der Waals surface area contributed by atoms with E-state index in [4.69, 9.17) is 9.15 Å². The molecule has 2 N–H and O–H groups in total. The average Bonchev–Trinajstić information content (AvgIpc) is 3.15. The van der Waals surface area contributed by atoms with E-state index in [0.717, 1.165) is 19.4 Å². The van der Waals surface area contributed by atoms with Crippen LogP contribution in [-0.4, -0.2) is 36.1 Å². The van der Waals surface area contributed by atoms with Gasteiger partial charge in [0.2, 0.25) is 0 Å². The minimum Gasteiger partial charge on any atom is -0.467 e. The van der Waals surface area contributed by atoms with Gasteiger partial charge in [-0.3, -0.25) is 4.90 Å². The lowest BCUT2D eigenvalue weighted by Gasteiger charge is -2.31. The summed E-state index contributed by atoms with van der Waals surface area (Å²) in [6, 6.07) is 7.07. The third-order valence-electron chi connectivity index (χ3n) is 4.84. The van der Waals surface area contributed by atoms with Crippen LogP contribution >= 0.6 is 11.3 Å². The first kappa shape index (κ1) is 18.8. The van der Waals surface area contributed by atoms with Crippen molar-refractivity contribution >= 4 is 23.3 Å². The summed E-state index contributed by atoms with van der Waals surface area (Å²) in [7, 11) is 0. The first-order valence-electron chi connectivity index (χ1n) is 9.43. The van der Waals surface area contributed by atoms with Crippen molar-refractivity contribution in [2.45, 2.75) is 38.4 Å². The van der Waals surface area contributed by atoms with E-state index in [1.54, 1.807) is 30.4 Å². The van der Waals surface area contributed by atoms with Crippen molar-refractivity contribution in [2.24, 2.45) is 0 Å². The van der Waals surface area contributed by atoms with Gasteiger partial charge >= 0.3 is 12.0 Å². The second-order valence-corrected chi connectivity index (χ2v) is 7.91. The van der Waals surface area contributed by atoms with E-state index >= 15 is 0 Å². The number of urea groups is 1. The zero-order chi connectivity index (χ0) is 19.5. The number of carbonyl (C=O) groups excluding carboxylic acids is 2. The summed E-state index contributed by atoms with van der Waals surface area (Å²) < 4.78 is 10.8. The highest BCUT2D eigenvalue weighted by molar-refractivity contribution is 7.09. The fourth-order valence-corrected chi connectivity index (χ4v) is 4.15. The predicted molar refractivity (Wildman–Crippen MR) is 105 cm³/mol. The van der Waals surface area contributed by atoms with Crippen molar-refractivity contribution in [3.05, 3.63) is 57.8 Å². The summed E-state index contributed by atoms with van der Waals surface area (Å²) in [5, 5.41) is 7.68. The van der Waals surface area contributed by atoms with Gasteiger partial charge in [-0.05, 0) is 43.3 Å². The lowest BCUT2D eigenvalue weighted by Crippen LogP contribution is -2.48. The molecule has 0 saturated heterocycles. The van der Waals surface area contributed by atoms with Crippen LogP contribution in [0.5, 0.6) is 0 Å². The number of hydrogen-bond donors (Lipinski definition) is 2. The summed E-state index contributed by atoms with van der Waals surface area (Å²) >= 11 is 1.71. The van der Waals surface area contributed by atoms with Crippen molar-refractivity contribution in [3.8, 4) is 0 Å². The lowest BCUT2D eigenvalue weighted by atomic mass is 9.99. The Morgan fingerprint density at radius 3 is 2.82 bits per heavy atom. The number of carbonyl (C=O) groups is 2. The normalized spacial score (nSPS) is 19.5. The van der Waals surface area contributed by atoms with Crippen LogP contribution in [0.3, 0.4) is 0 Å². The second-order valence-electron chi connectivity index (χ2n) is 6.88. The third-order valence-corrected chi connectivity index (χ3v) is 5.70. The van der Waals surface area contributed by atoms with Gasteiger partial charge in [-0.25, -0.2) is 9.59 Å². The van der Waals surface area contributed by atoms with E-state index in [-0.39, 0.29) is 12.6 Å². The summed E-state index contributed by atoms with van der Waals surface area (Å²) in [5.74, 6) is 0.0601. The molecule has 0 radical (unpaired) electrons. The second kappa shape index (κ2) is 8.20. The Bertz CT molecular complexity index is 856. The van der Waals surface area contributed by atoms with Gasteiger partial charge < -0.3 is 19.8 Å². The monoisotopic (exact) mass is 401 g/mol. The topological polar surface area (TPSA) is 83.8 Å². The molecule has 7 nitrogen and oxygen atoms in total. The Morgan fingerprint density at radius 1 is 1.32 bits per heavy atom. The first-order chi connectivity index (χ1) is 13.7. The summed E-state index contributed by atoms with van der Waals surface area (Å²) in [6.07, 6.45) is 3.78. The molecule has 1 atom stereocenters. The maximum Gasteiger partial charge on any atom is 0.338 e. The van der Waals surface area contributed by atoms with Gasteiger partial charge in [0.05, 0.1) is 18.4 Å². The maximum atomic E-state index is 12.8. The van der Waals surface area contributed by atoms with Crippen LogP contribution in [0.1, 0.15) is 36.4 Å². The van der Waals surface area contributed by atoms with E-state index in [0.29, 0.717) is 29.6 Å². The Balaban J connectivity index is 1.67. The van der Waals surface area contributed by atoms with Crippen LogP contribution in [-0.2, 0) is 16.1 Å². The molecule has 2 aromatic rings. The molecule has 1 saturated carbocycles. The molecule has 8 heteroatoms. The number of hydrogen-bond acceptors (Lipinski definition) is 6. The fraction of sp³-hybridized carbons (Fsp3) is 0.400. The Morgan fingerprint density at radius 2 is 2.18 bits per heavy atom. The quantitative estimate of drug-likeness (QED) is 0.664. The number of amides is 2. The van der Waals surface area contributed by atoms with Gasteiger partial charge in [0, 0.05) is 29.7 Å². The molecule has 1 aliphatic carbocycles. The van der Waals surface area contributed by atoms with Crippen LogP contribution in [0.15, 0.2) is 51.6 Å². The summed E-state index contributed by atoms with van der Waals surface area (Å²) in [4.78, 5) is 28.7.